The summed E-state index contributed by atoms with van der Waals surface area (Å²) in [5.74, 6) is 0.502. The summed E-state index contributed by atoms with van der Waals surface area (Å²) in [6.07, 6.45) is 2.22. The zero-order chi connectivity index (χ0) is 22.2. The first-order valence-electron chi connectivity index (χ1n) is 9.55. The first-order chi connectivity index (χ1) is 14.1. The van der Waals surface area contributed by atoms with Gasteiger partial charge < -0.3 is 20.2 Å². The van der Waals surface area contributed by atoms with E-state index >= 15 is 0 Å². The van der Waals surface area contributed by atoms with Crippen LogP contribution in [0.15, 0.2) is 36.3 Å². The number of sulfonamides is 1. The highest BCUT2D eigenvalue weighted by Gasteiger charge is 2.37. The molecule has 0 saturated carbocycles. The minimum atomic E-state index is -3.80. The Bertz CT molecular complexity index is 1140. The molecule has 9 nitrogen and oxygen atoms in total. The molecule has 2 aromatic rings. The molecule has 0 amide bonds. The molecule has 0 bridgehead atoms. The SMILES string of the molecule is CC[C@@H](Nc1c(NC2CSC(S(=O)(=O)N(C)CC)=C2O)c(=O)c1=O)c1cc(C)co1. The molecule has 1 aliphatic rings. The summed E-state index contributed by atoms with van der Waals surface area (Å²) in [5.41, 5.74) is -0.269. The lowest BCUT2D eigenvalue weighted by molar-refractivity contribution is 0.385. The van der Waals surface area contributed by atoms with Crippen molar-refractivity contribution < 1.29 is 17.9 Å². The summed E-state index contributed by atoms with van der Waals surface area (Å²) in [6, 6.07) is 0.752. The molecule has 30 heavy (non-hydrogen) atoms. The number of aliphatic hydroxyl groups is 1. The lowest BCUT2D eigenvalue weighted by Gasteiger charge is -2.22. The fourth-order valence-corrected chi connectivity index (χ4v) is 6.17. The molecule has 0 radical (unpaired) electrons. The fraction of sp³-hybridized carbons (Fsp3) is 0.474. The Morgan fingerprint density at radius 1 is 1.30 bits per heavy atom. The smallest absolute Gasteiger partial charge is 0.253 e. The Hall–Kier alpha value is -2.24. The van der Waals surface area contributed by atoms with Crippen LogP contribution in [0.3, 0.4) is 0 Å². The molecule has 1 aromatic carbocycles. The number of nitrogens with zero attached hydrogens (tertiary/aromatic N) is 1. The summed E-state index contributed by atoms with van der Waals surface area (Å²) in [6.45, 7) is 5.75. The van der Waals surface area contributed by atoms with E-state index in [2.05, 4.69) is 10.6 Å². The van der Waals surface area contributed by atoms with Crippen LogP contribution in [0.4, 0.5) is 11.4 Å². The van der Waals surface area contributed by atoms with Gasteiger partial charge in [-0.05, 0) is 25.0 Å². The monoisotopic (exact) mass is 455 g/mol. The number of rotatable bonds is 9. The van der Waals surface area contributed by atoms with E-state index in [0.717, 1.165) is 21.6 Å². The van der Waals surface area contributed by atoms with Gasteiger partial charge in [-0.1, -0.05) is 13.8 Å². The molecule has 3 rings (SSSR count). The number of thioether (sulfide) groups is 1. The zero-order valence-corrected chi connectivity index (χ0v) is 18.8. The number of hydrogen-bond acceptors (Lipinski definition) is 9. The molecule has 0 fully saturated rings. The van der Waals surface area contributed by atoms with Gasteiger partial charge in [0.1, 0.15) is 22.9 Å². The van der Waals surface area contributed by atoms with Crippen molar-refractivity contribution in [3.8, 4) is 0 Å². The molecule has 11 heteroatoms. The Morgan fingerprint density at radius 3 is 2.53 bits per heavy atom. The van der Waals surface area contributed by atoms with Crippen molar-refractivity contribution in [2.24, 2.45) is 0 Å². The van der Waals surface area contributed by atoms with Gasteiger partial charge in [-0.25, -0.2) is 12.7 Å². The lowest BCUT2D eigenvalue weighted by atomic mass is 10.1. The van der Waals surface area contributed by atoms with Crippen molar-refractivity contribution in [2.75, 3.05) is 30.0 Å². The molecule has 1 unspecified atom stereocenters. The van der Waals surface area contributed by atoms with Gasteiger partial charge in [0.05, 0.1) is 18.3 Å². The van der Waals surface area contributed by atoms with E-state index in [4.69, 9.17) is 4.42 Å². The average Bonchev–Trinajstić information content (AvgIpc) is 3.32. The molecule has 164 valence electrons. The predicted molar refractivity (Wildman–Crippen MR) is 118 cm³/mol. The van der Waals surface area contributed by atoms with E-state index < -0.39 is 26.9 Å². The quantitative estimate of drug-likeness (QED) is 0.488. The highest BCUT2D eigenvalue weighted by atomic mass is 32.3. The summed E-state index contributed by atoms with van der Waals surface area (Å²) in [5, 5.41) is 16.4. The Labute approximate surface area is 178 Å². The molecule has 1 aromatic heterocycles. The minimum Gasteiger partial charge on any atom is -0.508 e. The maximum Gasteiger partial charge on any atom is 0.253 e. The number of nitrogens with one attached hydrogen (secondary N) is 2. The summed E-state index contributed by atoms with van der Waals surface area (Å²) >= 11 is 0.990. The van der Waals surface area contributed by atoms with E-state index in [1.807, 2.05) is 19.9 Å². The number of hydrogen-bond donors (Lipinski definition) is 3. The summed E-state index contributed by atoms with van der Waals surface area (Å²) < 4.78 is 31.5. The Balaban J connectivity index is 1.83. The van der Waals surface area contributed by atoms with Crippen LogP contribution in [0.5, 0.6) is 0 Å². The van der Waals surface area contributed by atoms with Gasteiger partial charge in [0.2, 0.25) is 0 Å². The normalized spacial score (nSPS) is 18.4. The van der Waals surface area contributed by atoms with Gasteiger partial charge >= 0.3 is 0 Å². The molecule has 0 spiro atoms. The maximum absolute atomic E-state index is 12.5. The average molecular weight is 456 g/mol. The third kappa shape index (κ3) is 3.88. The van der Waals surface area contributed by atoms with E-state index in [0.29, 0.717) is 12.2 Å². The molecular formula is C19H25N3O6S2. The molecule has 1 aliphatic heterocycles. The van der Waals surface area contributed by atoms with Crippen LogP contribution in [-0.2, 0) is 10.0 Å². The van der Waals surface area contributed by atoms with Crippen molar-refractivity contribution in [3.63, 3.8) is 0 Å². The molecule has 2 heterocycles. The Morgan fingerprint density at radius 2 is 1.97 bits per heavy atom. The van der Waals surface area contributed by atoms with Gasteiger partial charge in [0, 0.05) is 19.3 Å². The highest BCUT2D eigenvalue weighted by Crippen LogP contribution is 2.37. The number of furan rings is 1. The van der Waals surface area contributed by atoms with Gasteiger partial charge in [0.25, 0.3) is 20.9 Å². The first-order valence-corrected chi connectivity index (χ1v) is 12.0. The second-order valence-electron chi connectivity index (χ2n) is 7.14. The number of anilines is 2. The third-order valence-corrected chi connectivity index (χ3v) is 8.77. The predicted octanol–water partition coefficient (Wildman–Crippen LogP) is 2.28. The van der Waals surface area contributed by atoms with E-state index in [-0.39, 0.29) is 39.7 Å². The fourth-order valence-electron chi connectivity index (χ4n) is 3.11. The van der Waals surface area contributed by atoms with E-state index in [1.54, 1.807) is 13.2 Å². The van der Waals surface area contributed by atoms with Crippen LogP contribution in [0.2, 0.25) is 0 Å². The van der Waals surface area contributed by atoms with Crippen molar-refractivity contribution in [1.29, 1.82) is 0 Å². The van der Waals surface area contributed by atoms with Crippen molar-refractivity contribution >= 4 is 33.2 Å². The van der Waals surface area contributed by atoms with Gasteiger partial charge in [-0.3, -0.25) is 9.59 Å². The zero-order valence-electron chi connectivity index (χ0n) is 17.2. The Kier molecular flexibility index (Phi) is 6.34. The number of aryl methyl sites for hydroxylation is 1. The van der Waals surface area contributed by atoms with Crippen LogP contribution >= 0.6 is 11.8 Å². The van der Waals surface area contributed by atoms with Crippen molar-refractivity contribution in [3.05, 3.63) is 54.1 Å². The van der Waals surface area contributed by atoms with E-state index in [1.165, 1.54) is 7.05 Å². The molecule has 0 aliphatic carbocycles. The standard InChI is InChI=1S/C19H25N3O6S2/c1-5-11(13-7-10(3)8-28-13)20-14-15(18(25)17(14)24)21-12-9-29-19(16(12)23)30(26,27)22(4)6-2/h7-8,11-12,20-21,23H,5-6,9H2,1-4H3/t11-,12?/m1/s1. The van der Waals surface area contributed by atoms with Gasteiger partial charge in [0.15, 0.2) is 4.24 Å². The topological polar surface area (TPSA) is 129 Å². The molecule has 2 atom stereocenters. The first kappa shape index (κ1) is 22.4. The summed E-state index contributed by atoms with van der Waals surface area (Å²) in [7, 11) is -2.37. The van der Waals surface area contributed by atoms with Gasteiger partial charge in [-0.15, -0.1) is 11.8 Å². The molecular weight excluding hydrogens is 430 g/mol. The summed E-state index contributed by atoms with van der Waals surface area (Å²) in [4.78, 5) is 24.3. The lowest BCUT2D eigenvalue weighted by Crippen LogP contribution is -2.40. The second-order valence-corrected chi connectivity index (χ2v) is 10.4. The maximum atomic E-state index is 12.5. The van der Waals surface area contributed by atoms with Crippen LogP contribution in [0.25, 0.3) is 0 Å². The van der Waals surface area contributed by atoms with E-state index in [9.17, 15) is 23.1 Å². The number of aliphatic hydroxyl groups excluding tert-OH is 1. The van der Waals surface area contributed by atoms with Crippen molar-refractivity contribution in [1.82, 2.24) is 4.31 Å². The van der Waals surface area contributed by atoms with Crippen LogP contribution in [0.1, 0.15) is 37.6 Å². The van der Waals surface area contributed by atoms with Crippen LogP contribution < -0.4 is 21.5 Å². The largest absolute Gasteiger partial charge is 0.508 e. The minimum absolute atomic E-state index is 0.0429. The molecule has 3 N–H and O–H groups in total. The third-order valence-electron chi connectivity index (χ3n) is 5.06. The van der Waals surface area contributed by atoms with Crippen molar-refractivity contribution in [2.45, 2.75) is 39.3 Å². The highest BCUT2D eigenvalue weighted by molar-refractivity contribution is 8.18. The molecule has 0 saturated heterocycles. The van der Waals surface area contributed by atoms with Gasteiger partial charge in [-0.2, -0.15) is 0 Å². The van der Waals surface area contributed by atoms with Crippen LogP contribution in [-0.4, -0.2) is 43.2 Å². The second kappa shape index (κ2) is 8.48. The van der Waals surface area contributed by atoms with Crippen LogP contribution in [0, 0.1) is 6.92 Å².